The van der Waals surface area contributed by atoms with Gasteiger partial charge in [0.15, 0.2) is 6.61 Å². The third kappa shape index (κ3) is 7.76. The smallest absolute Gasteiger partial charge is 0.259 e. The first-order valence-electron chi connectivity index (χ1n) is 7.82. The molecule has 0 spiro atoms. The minimum atomic E-state index is -0.436. The number of hydrazone groups is 1. The van der Waals surface area contributed by atoms with Gasteiger partial charge < -0.3 is 10.1 Å². The highest BCUT2D eigenvalue weighted by molar-refractivity contribution is 9.12. The van der Waals surface area contributed by atoms with Gasteiger partial charge in [0.25, 0.3) is 11.8 Å². The number of hydrogen-bond acceptors (Lipinski definition) is 4. The summed E-state index contributed by atoms with van der Waals surface area (Å²) in [5.74, 6) is -0.237. The highest BCUT2D eigenvalue weighted by Crippen LogP contribution is 2.09. The lowest BCUT2D eigenvalue weighted by molar-refractivity contribution is -0.127. The van der Waals surface area contributed by atoms with E-state index in [1.54, 1.807) is 12.1 Å². The number of nitrogens with one attached hydrogen (secondary N) is 2. The molecule has 2 aromatic carbocycles. The molecule has 0 aliphatic heterocycles. The van der Waals surface area contributed by atoms with Gasteiger partial charge in [-0.3, -0.25) is 9.59 Å². The van der Waals surface area contributed by atoms with Crippen LogP contribution in [0.3, 0.4) is 0 Å². The second-order valence-electron chi connectivity index (χ2n) is 5.11. The molecule has 0 fully saturated rings. The molecule has 0 heterocycles. The van der Waals surface area contributed by atoms with Crippen LogP contribution in [0.15, 0.2) is 70.2 Å². The molecule has 134 valence electrons. The molecule has 0 aliphatic carbocycles. The molecule has 2 aromatic rings. The van der Waals surface area contributed by atoms with Crippen LogP contribution in [0.25, 0.3) is 6.08 Å². The number of halogens is 1. The summed E-state index contributed by atoms with van der Waals surface area (Å²) < 4.78 is 5.98. The van der Waals surface area contributed by atoms with Crippen LogP contribution in [-0.2, 0) is 9.59 Å². The van der Waals surface area contributed by atoms with Crippen molar-refractivity contribution in [2.24, 2.45) is 5.10 Å². The Bertz CT molecular complexity index is 777. The van der Waals surface area contributed by atoms with E-state index in [-0.39, 0.29) is 13.2 Å². The van der Waals surface area contributed by atoms with E-state index < -0.39 is 11.8 Å². The number of carbonyl (C=O) groups is 2. The van der Waals surface area contributed by atoms with Crippen molar-refractivity contribution in [2.45, 2.75) is 0 Å². The fraction of sp³-hybridized carbons (Fsp3) is 0.105. The van der Waals surface area contributed by atoms with Crippen molar-refractivity contribution >= 4 is 40.0 Å². The van der Waals surface area contributed by atoms with E-state index in [9.17, 15) is 9.59 Å². The van der Waals surface area contributed by atoms with Gasteiger partial charge in [0, 0.05) is 4.48 Å². The van der Waals surface area contributed by atoms with E-state index in [1.165, 1.54) is 6.21 Å². The van der Waals surface area contributed by atoms with E-state index in [2.05, 4.69) is 31.8 Å². The lowest BCUT2D eigenvalue weighted by Gasteiger charge is -2.06. The summed E-state index contributed by atoms with van der Waals surface area (Å²) in [6.07, 6.45) is 3.32. The molecule has 2 N–H and O–H groups in total. The Hall–Kier alpha value is -2.93. The van der Waals surface area contributed by atoms with Gasteiger partial charge in [0.05, 0.1) is 12.8 Å². The maximum absolute atomic E-state index is 11.6. The van der Waals surface area contributed by atoms with Crippen molar-refractivity contribution in [3.63, 3.8) is 0 Å². The molecule has 26 heavy (non-hydrogen) atoms. The number of benzene rings is 2. The average molecular weight is 416 g/mol. The summed E-state index contributed by atoms with van der Waals surface area (Å²) in [6, 6.07) is 18.6. The molecule has 0 aromatic heterocycles. The second kappa shape index (κ2) is 10.8. The Morgan fingerprint density at radius 3 is 2.35 bits per heavy atom. The van der Waals surface area contributed by atoms with E-state index in [0.29, 0.717) is 10.2 Å². The van der Waals surface area contributed by atoms with Crippen LogP contribution in [0, 0.1) is 0 Å². The van der Waals surface area contributed by atoms with Crippen LogP contribution >= 0.6 is 15.9 Å². The van der Waals surface area contributed by atoms with Gasteiger partial charge in [-0.25, -0.2) is 5.43 Å². The van der Waals surface area contributed by atoms with Gasteiger partial charge in [-0.05, 0) is 39.7 Å². The van der Waals surface area contributed by atoms with Crippen molar-refractivity contribution in [2.75, 3.05) is 13.2 Å². The number of nitrogens with zero attached hydrogens (tertiary/aromatic N) is 1. The van der Waals surface area contributed by atoms with Crippen molar-refractivity contribution in [1.29, 1.82) is 0 Å². The highest BCUT2D eigenvalue weighted by atomic mass is 79.9. The van der Waals surface area contributed by atoms with Crippen molar-refractivity contribution in [3.05, 3.63) is 70.7 Å². The molecule has 0 saturated heterocycles. The van der Waals surface area contributed by atoms with E-state index in [1.807, 2.05) is 54.6 Å². The van der Waals surface area contributed by atoms with Crippen LogP contribution in [0.4, 0.5) is 0 Å². The Balaban J connectivity index is 1.66. The zero-order valence-electron chi connectivity index (χ0n) is 13.9. The van der Waals surface area contributed by atoms with Crippen LogP contribution in [0.5, 0.6) is 5.75 Å². The largest absolute Gasteiger partial charge is 0.484 e. The van der Waals surface area contributed by atoms with Gasteiger partial charge in [0.1, 0.15) is 5.75 Å². The molecular formula is C19H18BrN3O3. The monoisotopic (exact) mass is 415 g/mol. The van der Waals surface area contributed by atoms with Gasteiger partial charge in [-0.2, -0.15) is 5.10 Å². The highest BCUT2D eigenvalue weighted by Gasteiger charge is 2.05. The first-order chi connectivity index (χ1) is 12.6. The first-order valence-corrected chi connectivity index (χ1v) is 8.61. The molecule has 6 nitrogen and oxygen atoms in total. The lowest BCUT2D eigenvalue weighted by Crippen LogP contribution is -2.37. The minimum absolute atomic E-state index is 0.161. The predicted molar refractivity (Wildman–Crippen MR) is 105 cm³/mol. The molecule has 2 rings (SSSR count). The standard InChI is InChI=1S/C19H18BrN3O3/c20-16(11-15-7-3-1-4-8-15)12-22-23-18(24)13-21-19(25)14-26-17-9-5-2-6-10-17/h1-12H,13-14H2,(H,21,25)(H,23,24). The molecule has 0 aliphatic rings. The number of ether oxygens (including phenoxy) is 1. The molecule has 2 amide bonds. The van der Waals surface area contributed by atoms with E-state index >= 15 is 0 Å². The van der Waals surface area contributed by atoms with Crippen molar-refractivity contribution in [3.8, 4) is 5.75 Å². The van der Waals surface area contributed by atoms with Gasteiger partial charge >= 0.3 is 0 Å². The number of hydrogen-bond donors (Lipinski definition) is 2. The fourth-order valence-corrected chi connectivity index (χ4v) is 2.21. The number of carbonyl (C=O) groups excluding carboxylic acids is 2. The predicted octanol–water partition coefficient (Wildman–Crippen LogP) is 2.72. The van der Waals surface area contributed by atoms with Gasteiger partial charge in [-0.1, -0.05) is 48.5 Å². The summed E-state index contributed by atoms with van der Waals surface area (Å²) in [4.78, 5) is 23.3. The molecule has 0 saturated carbocycles. The Morgan fingerprint density at radius 1 is 1.00 bits per heavy atom. The van der Waals surface area contributed by atoms with E-state index in [0.717, 1.165) is 5.56 Å². The number of rotatable bonds is 8. The maximum atomic E-state index is 11.6. The summed E-state index contributed by atoms with van der Waals surface area (Å²) in [5.41, 5.74) is 3.34. The quantitative estimate of drug-likeness (QED) is 0.513. The Morgan fingerprint density at radius 2 is 1.65 bits per heavy atom. The molecule has 0 bridgehead atoms. The summed E-state index contributed by atoms with van der Waals surface area (Å²) >= 11 is 3.34. The molecule has 7 heteroatoms. The van der Waals surface area contributed by atoms with Crippen molar-refractivity contribution < 1.29 is 14.3 Å². The van der Waals surface area contributed by atoms with Crippen LogP contribution in [0.2, 0.25) is 0 Å². The average Bonchev–Trinajstić information content (AvgIpc) is 2.66. The van der Waals surface area contributed by atoms with Gasteiger partial charge in [-0.15, -0.1) is 0 Å². The SMILES string of the molecule is O=C(COc1ccccc1)NCC(=O)NN=CC(Br)=Cc1ccccc1. The number of allylic oxidation sites excluding steroid dienone is 1. The maximum Gasteiger partial charge on any atom is 0.259 e. The summed E-state index contributed by atoms with van der Waals surface area (Å²) in [5, 5.41) is 6.27. The minimum Gasteiger partial charge on any atom is -0.484 e. The first kappa shape index (κ1) is 19.4. The van der Waals surface area contributed by atoms with Crippen LogP contribution < -0.4 is 15.5 Å². The fourth-order valence-electron chi connectivity index (χ4n) is 1.85. The summed E-state index contributed by atoms with van der Waals surface area (Å²) in [6.45, 7) is -0.347. The molecular weight excluding hydrogens is 398 g/mol. The van der Waals surface area contributed by atoms with Gasteiger partial charge in [0.2, 0.25) is 0 Å². The third-order valence-corrected chi connectivity index (χ3v) is 3.47. The van der Waals surface area contributed by atoms with E-state index in [4.69, 9.17) is 4.74 Å². The summed E-state index contributed by atoms with van der Waals surface area (Å²) in [7, 11) is 0. The topological polar surface area (TPSA) is 79.8 Å². The number of para-hydroxylation sites is 1. The molecule has 0 radical (unpaired) electrons. The Kier molecular flexibility index (Phi) is 8.08. The number of amides is 2. The zero-order chi connectivity index (χ0) is 18.6. The third-order valence-electron chi connectivity index (χ3n) is 3.04. The lowest BCUT2D eigenvalue weighted by atomic mass is 10.2. The van der Waals surface area contributed by atoms with Crippen LogP contribution in [-0.4, -0.2) is 31.2 Å². The zero-order valence-corrected chi connectivity index (χ0v) is 15.5. The normalized spacial score (nSPS) is 11.2. The molecule has 0 atom stereocenters. The Labute approximate surface area is 160 Å². The second-order valence-corrected chi connectivity index (χ2v) is 6.03. The van der Waals surface area contributed by atoms with Crippen molar-refractivity contribution in [1.82, 2.24) is 10.7 Å². The van der Waals surface area contributed by atoms with Crippen LogP contribution in [0.1, 0.15) is 5.56 Å². The molecule has 0 unspecified atom stereocenters.